The predicted octanol–water partition coefficient (Wildman–Crippen LogP) is 5.26. The number of hydrogen-bond donors (Lipinski definition) is 1. The average Bonchev–Trinajstić information content (AvgIpc) is 2.75. The highest BCUT2D eigenvalue weighted by molar-refractivity contribution is 7.92. The Balaban J connectivity index is 1.68. The van der Waals surface area contributed by atoms with Gasteiger partial charge in [-0.3, -0.25) is 9.10 Å². The van der Waals surface area contributed by atoms with E-state index in [9.17, 15) is 26.4 Å². The van der Waals surface area contributed by atoms with Crippen LogP contribution in [0.2, 0.25) is 5.02 Å². The third kappa shape index (κ3) is 6.72. The van der Waals surface area contributed by atoms with Gasteiger partial charge in [-0.25, -0.2) is 8.42 Å². The number of alkyl halides is 3. The van der Waals surface area contributed by atoms with Crippen LogP contribution in [0.1, 0.15) is 27.0 Å². The molecule has 1 N–H and O–H groups in total. The van der Waals surface area contributed by atoms with E-state index in [1.165, 1.54) is 34.6 Å². The van der Waals surface area contributed by atoms with Gasteiger partial charge in [-0.05, 0) is 53.6 Å². The van der Waals surface area contributed by atoms with Crippen LogP contribution in [0.5, 0.6) is 0 Å². The molecular formula is C23H20ClF3N2O3S. The second-order valence-electron chi connectivity index (χ2n) is 7.33. The number of nitrogens with zero attached hydrogens (tertiary/aromatic N) is 1. The van der Waals surface area contributed by atoms with Crippen LogP contribution in [0.25, 0.3) is 0 Å². The monoisotopic (exact) mass is 496 g/mol. The summed E-state index contributed by atoms with van der Waals surface area (Å²) in [5.74, 6) is -0.464. The van der Waals surface area contributed by atoms with Gasteiger partial charge in [-0.15, -0.1) is 0 Å². The molecule has 33 heavy (non-hydrogen) atoms. The summed E-state index contributed by atoms with van der Waals surface area (Å²) in [5.41, 5.74) is 0.871. The van der Waals surface area contributed by atoms with E-state index in [-0.39, 0.29) is 13.1 Å². The molecule has 0 aliphatic carbocycles. The zero-order valence-electron chi connectivity index (χ0n) is 17.4. The summed E-state index contributed by atoms with van der Waals surface area (Å²) >= 11 is 5.98. The number of amides is 1. The van der Waals surface area contributed by atoms with Gasteiger partial charge in [0.15, 0.2) is 0 Å². The third-order valence-corrected chi connectivity index (χ3v) is 6.12. The van der Waals surface area contributed by atoms with Gasteiger partial charge in [0.1, 0.15) is 0 Å². The van der Waals surface area contributed by atoms with Gasteiger partial charge in [-0.1, -0.05) is 41.9 Å². The highest BCUT2D eigenvalue weighted by Gasteiger charge is 2.30. The van der Waals surface area contributed by atoms with Crippen LogP contribution in [0, 0.1) is 0 Å². The van der Waals surface area contributed by atoms with Crippen LogP contribution in [0.15, 0.2) is 72.8 Å². The van der Waals surface area contributed by atoms with Crippen LogP contribution in [0.3, 0.4) is 0 Å². The van der Waals surface area contributed by atoms with Crippen molar-refractivity contribution in [3.63, 3.8) is 0 Å². The van der Waals surface area contributed by atoms with Gasteiger partial charge in [0.05, 0.1) is 24.1 Å². The number of anilines is 1. The van der Waals surface area contributed by atoms with Crippen molar-refractivity contribution in [3.8, 4) is 0 Å². The number of sulfonamides is 1. The molecule has 0 aliphatic heterocycles. The van der Waals surface area contributed by atoms with E-state index in [1.54, 1.807) is 30.3 Å². The minimum absolute atomic E-state index is 0.0330. The Morgan fingerprint density at radius 3 is 2.24 bits per heavy atom. The van der Waals surface area contributed by atoms with Crippen molar-refractivity contribution in [2.45, 2.75) is 19.3 Å². The van der Waals surface area contributed by atoms with Gasteiger partial charge in [-0.2, -0.15) is 13.2 Å². The van der Waals surface area contributed by atoms with Crippen molar-refractivity contribution < 1.29 is 26.4 Å². The molecular weight excluding hydrogens is 477 g/mol. The summed E-state index contributed by atoms with van der Waals surface area (Å²) < 4.78 is 64.2. The fourth-order valence-corrected chi connectivity index (χ4v) is 4.17. The molecule has 0 heterocycles. The van der Waals surface area contributed by atoms with Crippen molar-refractivity contribution >= 4 is 33.2 Å². The first-order valence-electron chi connectivity index (χ1n) is 9.70. The Bertz CT molecular complexity index is 1250. The topological polar surface area (TPSA) is 66.5 Å². The van der Waals surface area contributed by atoms with Gasteiger partial charge in [0.2, 0.25) is 10.0 Å². The third-order valence-electron chi connectivity index (χ3n) is 4.75. The van der Waals surface area contributed by atoms with Gasteiger partial charge in [0.25, 0.3) is 5.91 Å². The van der Waals surface area contributed by atoms with Crippen molar-refractivity contribution in [2.75, 3.05) is 10.6 Å². The van der Waals surface area contributed by atoms with Crippen LogP contribution >= 0.6 is 11.6 Å². The molecule has 0 fully saturated rings. The molecule has 0 atom stereocenters. The molecule has 0 aliphatic rings. The maximum absolute atomic E-state index is 12.8. The second kappa shape index (κ2) is 9.84. The number of carbonyl (C=O) groups is 1. The van der Waals surface area contributed by atoms with Crippen LogP contribution in [-0.4, -0.2) is 20.6 Å². The quantitative estimate of drug-likeness (QED) is 0.485. The Hall–Kier alpha value is -3.04. The van der Waals surface area contributed by atoms with Crippen molar-refractivity contribution in [1.29, 1.82) is 0 Å². The van der Waals surface area contributed by atoms with E-state index in [0.29, 0.717) is 27.4 Å². The van der Waals surface area contributed by atoms with Crippen molar-refractivity contribution in [3.05, 3.63) is 100 Å². The summed E-state index contributed by atoms with van der Waals surface area (Å²) in [6.45, 7) is -0.0353. The number of benzene rings is 3. The molecule has 0 radical (unpaired) electrons. The number of carbonyl (C=O) groups excluding carboxylic acids is 1. The molecule has 174 valence electrons. The van der Waals surface area contributed by atoms with E-state index in [1.807, 2.05) is 0 Å². The summed E-state index contributed by atoms with van der Waals surface area (Å²) in [6, 6.07) is 17.5. The lowest BCUT2D eigenvalue weighted by Crippen LogP contribution is -2.29. The predicted molar refractivity (Wildman–Crippen MR) is 122 cm³/mol. The van der Waals surface area contributed by atoms with Crippen LogP contribution in [0.4, 0.5) is 18.9 Å². The van der Waals surface area contributed by atoms with Crippen molar-refractivity contribution in [2.24, 2.45) is 0 Å². The lowest BCUT2D eigenvalue weighted by atomic mass is 10.1. The highest BCUT2D eigenvalue weighted by Crippen LogP contribution is 2.29. The Morgan fingerprint density at radius 1 is 0.970 bits per heavy atom. The molecule has 1 amide bonds. The minimum atomic E-state index is -4.46. The Labute approximate surface area is 194 Å². The molecule has 0 saturated heterocycles. The highest BCUT2D eigenvalue weighted by atomic mass is 35.5. The first kappa shape index (κ1) is 24.6. The lowest BCUT2D eigenvalue weighted by molar-refractivity contribution is -0.137. The van der Waals surface area contributed by atoms with E-state index in [2.05, 4.69) is 5.32 Å². The Kier molecular flexibility index (Phi) is 7.34. The first-order valence-corrected chi connectivity index (χ1v) is 11.9. The summed E-state index contributed by atoms with van der Waals surface area (Å²) in [6.07, 6.45) is -3.37. The molecule has 10 heteroatoms. The fraction of sp³-hybridized carbons (Fsp3) is 0.174. The molecule has 0 bridgehead atoms. The SMILES string of the molecule is CS(=O)(=O)N(Cc1ccc(C(=O)NCc2cccc(C(F)(F)F)c2)cc1)c1cccc(Cl)c1. The van der Waals surface area contributed by atoms with E-state index >= 15 is 0 Å². The standard InChI is InChI=1S/C23H20ClF3N2O3S/c1-33(31,32)29(21-7-3-6-20(24)13-21)15-16-8-10-18(11-9-16)22(30)28-14-17-4-2-5-19(12-17)23(25,26)27/h2-13H,14-15H2,1H3,(H,28,30). The normalized spacial score (nSPS) is 11.8. The smallest absolute Gasteiger partial charge is 0.348 e. The zero-order chi connectivity index (χ0) is 24.2. The van der Waals surface area contributed by atoms with Gasteiger partial charge < -0.3 is 5.32 Å². The number of rotatable bonds is 7. The molecule has 0 aromatic heterocycles. The largest absolute Gasteiger partial charge is 0.416 e. The number of nitrogens with one attached hydrogen (secondary N) is 1. The molecule has 0 saturated carbocycles. The second-order valence-corrected chi connectivity index (χ2v) is 9.67. The summed E-state index contributed by atoms with van der Waals surface area (Å²) in [4.78, 5) is 12.4. The zero-order valence-corrected chi connectivity index (χ0v) is 19.0. The summed E-state index contributed by atoms with van der Waals surface area (Å²) in [5, 5.41) is 2.98. The first-order chi connectivity index (χ1) is 15.4. The van der Waals surface area contributed by atoms with Gasteiger partial charge >= 0.3 is 6.18 Å². The molecule has 0 spiro atoms. The minimum Gasteiger partial charge on any atom is -0.348 e. The van der Waals surface area contributed by atoms with E-state index in [0.717, 1.165) is 18.4 Å². The number of hydrogen-bond acceptors (Lipinski definition) is 3. The molecule has 3 aromatic carbocycles. The molecule has 0 unspecified atom stereocenters. The average molecular weight is 497 g/mol. The van der Waals surface area contributed by atoms with E-state index < -0.39 is 27.7 Å². The fourth-order valence-electron chi connectivity index (χ4n) is 3.10. The molecule has 3 aromatic rings. The van der Waals surface area contributed by atoms with Crippen molar-refractivity contribution in [1.82, 2.24) is 5.32 Å². The van der Waals surface area contributed by atoms with E-state index in [4.69, 9.17) is 11.6 Å². The van der Waals surface area contributed by atoms with Gasteiger partial charge in [0, 0.05) is 17.1 Å². The van der Waals surface area contributed by atoms with Crippen LogP contribution in [-0.2, 0) is 29.3 Å². The Morgan fingerprint density at radius 2 is 1.64 bits per heavy atom. The maximum atomic E-state index is 12.8. The number of halogens is 4. The molecule has 5 nitrogen and oxygen atoms in total. The molecule has 3 rings (SSSR count). The summed E-state index contributed by atoms with van der Waals surface area (Å²) in [7, 11) is -3.60. The lowest BCUT2D eigenvalue weighted by Gasteiger charge is -2.22. The van der Waals surface area contributed by atoms with Crippen LogP contribution < -0.4 is 9.62 Å². The maximum Gasteiger partial charge on any atom is 0.416 e.